The number of hydrogen-bond donors (Lipinski definition) is 0. The predicted molar refractivity (Wildman–Crippen MR) is 85.6 cm³/mol. The molecule has 0 radical (unpaired) electrons. The number of benzene rings is 2. The SMILES string of the molecule is O=C1Cc2ccccc2C(=O)N1CCCCc1ccccc1. The monoisotopic (exact) mass is 293 g/mol. The number of amides is 2. The maximum absolute atomic E-state index is 12.4. The van der Waals surface area contributed by atoms with Crippen molar-refractivity contribution in [3.8, 4) is 0 Å². The molecular weight excluding hydrogens is 274 g/mol. The third-order valence-electron chi connectivity index (χ3n) is 4.08. The van der Waals surface area contributed by atoms with Gasteiger partial charge in [0.15, 0.2) is 0 Å². The second kappa shape index (κ2) is 6.56. The third-order valence-corrected chi connectivity index (χ3v) is 4.08. The van der Waals surface area contributed by atoms with Gasteiger partial charge in [-0.25, -0.2) is 0 Å². The lowest BCUT2D eigenvalue weighted by Crippen LogP contribution is -2.42. The summed E-state index contributed by atoms with van der Waals surface area (Å²) >= 11 is 0. The summed E-state index contributed by atoms with van der Waals surface area (Å²) in [5.74, 6) is -0.227. The fourth-order valence-electron chi connectivity index (χ4n) is 2.87. The van der Waals surface area contributed by atoms with Gasteiger partial charge in [-0.15, -0.1) is 0 Å². The fraction of sp³-hybridized carbons (Fsp3) is 0.263. The van der Waals surface area contributed by atoms with E-state index in [0.29, 0.717) is 18.5 Å². The van der Waals surface area contributed by atoms with E-state index < -0.39 is 0 Å². The van der Waals surface area contributed by atoms with Gasteiger partial charge in [0.25, 0.3) is 5.91 Å². The zero-order chi connectivity index (χ0) is 15.4. The first-order valence-electron chi connectivity index (χ1n) is 7.72. The van der Waals surface area contributed by atoms with E-state index in [1.807, 2.05) is 36.4 Å². The van der Waals surface area contributed by atoms with Crippen LogP contribution in [0.2, 0.25) is 0 Å². The highest BCUT2D eigenvalue weighted by Crippen LogP contribution is 2.20. The Hall–Kier alpha value is -2.42. The number of imide groups is 1. The molecule has 0 aliphatic carbocycles. The van der Waals surface area contributed by atoms with Crippen molar-refractivity contribution in [2.75, 3.05) is 6.54 Å². The molecule has 22 heavy (non-hydrogen) atoms. The number of carbonyl (C=O) groups excluding carboxylic acids is 2. The highest BCUT2D eigenvalue weighted by molar-refractivity contribution is 6.09. The Kier molecular flexibility index (Phi) is 4.33. The average Bonchev–Trinajstić information content (AvgIpc) is 2.55. The van der Waals surface area contributed by atoms with Gasteiger partial charge in [-0.05, 0) is 36.5 Å². The van der Waals surface area contributed by atoms with Gasteiger partial charge < -0.3 is 0 Å². The van der Waals surface area contributed by atoms with E-state index in [-0.39, 0.29) is 11.8 Å². The van der Waals surface area contributed by atoms with Gasteiger partial charge in [-0.3, -0.25) is 14.5 Å². The molecule has 0 atom stereocenters. The molecule has 3 rings (SSSR count). The Morgan fingerprint density at radius 3 is 2.41 bits per heavy atom. The first-order valence-corrected chi connectivity index (χ1v) is 7.72. The molecule has 2 amide bonds. The molecule has 2 aromatic rings. The molecule has 1 heterocycles. The smallest absolute Gasteiger partial charge is 0.260 e. The maximum Gasteiger partial charge on any atom is 0.260 e. The quantitative estimate of drug-likeness (QED) is 0.627. The van der Waals surface area contributed by atoms with E-state index in [2.05, 4.69) is 12.1 Å². The summed E-state index contributed by atoms with van der Waals surface area (Å²) in [7, 11) is 0. The van der Waals surface area contributed by atoms with Crippen molar-refractivity contribution in [2.24, 2.45) is 0 Å². The van der Waals surface area contributed by atoms with Gasteiger partial charge in [0, 0.05) is 12.1 Å². The predicted octanol–water partition coefficient (Wildman–Crippen LogP) is 3.23. The lowest BCUT2D eigenvalue weighted by molar-refractivity contribution is -0.128. The van der Waals surface area contributed by atoms with Gasteiger partial charge in [-0.2, -0.15) is 0 Å². The number of rotatable bonds is 5. The Labute approximate surface area is 130 Å². The first kappa shape index (κ1) is 14.5. The minimum atomic E-state index is -0.147. The molecule has 0 spiro atoms. The van der Waals surface area contributed by atoms with Crippen molar-refractivity contribution in [1.29, 1.82) is 0 Å². The van der Waals surface area contributed by atoms with Crippen LogP contribution in [0.1, 0.15) is 34.3 Å². The normalized spacial score (nSPS) is 14.1. The van der Waals surface area contributed by atoms with Crippen molar-refractivity contribution < 1.29 is 9.59 Å². The number of nitrogens with zero attached hydrogens (tertiary/aromatic N) is 1. The lowest BCUT2D eigenvalue weighted by Gasteiger charge is -2.26. The molecule has 112 valence electrons. The highest BCUT2D eigenvalue weighted by Gasteiger charge is 2.29. The van der Waals surface area contributed by atoms with Crippen molar-refractivity contribution in [3.63, 3.8) is 0 Å². The molecular formula is C19H19NO2. The van der Waals surface area contributed by atoms with Crippen LogP contribution in [0.5, 0.6) is 0 Å². The van der Waals surface area contributed by atoms with Gasteiger partial charge in [0.2, 0.25) is 5.91 Å². The molecule has 0 unspecified atom stereocenters. The summed E-state index contributed by atoms with van der Waals surface area (Å²) in [6.07, 6.45) is 3.13. The zero-order valence-corrected chi connectivity index (χ0v) is 12.5. The molecule has 1 aliphatic heterocycles. The molecule has 0 bridgehead atoms. The molecule has 2 aromatic carbocycles. The molecule has 3 nitrogen and oxygen atoms in total. The number of aryl methyl sites for hydroxylation is 1. The Morgan fingerprint density at radius 2 is 1.59 bits per heavy atom. The standard InChI is InChI=1S/C19H19NO2/c21-18-14-16-11-4-5-12-17(16)19(22)20(18)13-7-6-10-15-8-2-1-3-9-15/h1-5,8-9,11-12H,6-7,10,13-14H2. The first-order chi connectivity index (χ1) is 10.8. The summed E-state index contributed by atoms with van der Waals surface area (Å²) in [6.45, 7) is 0.513. The molecule has 0 N–H and O–H groups in total. The van der Waals surface area contributed by atoms with Crippen LogP contribution < -0.4 is 0 Å². The fourth-order valence-corrected chi connectivity index (χ4v) is 2.87. The number of carbonyl (C=O) groups is 2. The van der Waals surface area contributed by atoms with E-state index in [1.165, 1.54) is 10.5 Å². The van der Waals surface area contributed by atoms with Crippen molar-refractivity contribution in [1.82, 2.24) is 4.90 Å². The number of fused-ring (bicyclic) bond motifs is 1. The van der Waals surface area contributed by atoms with Gasteiger partial charge in [0.05, 0.1) is 6.42 Å². The van der Waals surface area contributed by atoms with E-state index in [1.54, 1.807) is 6.07 Å². The van der Waals surface area contributed by atoms with Crippen molar-refractivity contribution >= 4 is 11.8 Å². The van der Waals surface area contributed by atoms with Gasteiger partial charge >= 0.3 is 0 Å². The Bertz CT molecular complexity index is 679. The maximum atomic E-state index is 12.4. The largest absolute Gasteiger partial charge is 0.278 e. The summed E-state index contributed by atoms with van der Waals surface area (Å²) in [5.41, 5.74) is 2.81. The van der Waals surface area contributed by atoms with Crippen molar-refractivity contribution in [2.45, 2.75) is 25.7 Å². The minimum Gasteiger partial charge on any atom is -0.278 e. The van der Waals surface area contributed by atoms with Crippen LogP contribution >= 0.6 is 0 Å². The van der Waals surface area contributed by atoms with E-state index >= 15 is 0 Å². The Morgan fingerprint density at radius 1 is 0.864 bits per heavy atom. The van der Waals surface area contributed by atoms with Crippen LogP contribution in [0.4, 0.5) is 0 Å². The second-order valence-corrected chi connectivity index (χ2v) is 5.63. The van der Waals surface area contributed by atoms with Crippen LogP contribution in [0.25, 0.3) is 0 Å². The molecule has 0 fully saturated rings. The molecule has 1 aliphatic rings. The number of unbranched alkanes of at least 4 members (excludes halogenated alkanes) is 1. The summed E-state index contributed by atoms with van der Waals surface area (Å²) in [6, 6.07) is 17.7. The average molecular weight is 293 g/mol. The van der Waals surface area contributed by atoms with Crippen LogP contribution in [0.15, 0.2) is 54.6 Å². The minimum absolute atomic E-state index is 0.0802. The molecule has 0 aromatic heterocycles. The van der Waals surface area contributed by atoms with Crippen LogP contribution in [0.3, 0.4) is 0 Å². The van der Waals surface area contributed by atoms with Crippen LogP contribution in [0, 0.1) is 0 Å². The summed E-state index contributed by atoms with van der Waals surface area (Å²) < 4.78 is 0. The van der Waals surface area contributed by atoms with Crippen LogP contribution in [-0.2, 0) is 17.6 Å². The third kappa shape index (κ3) is 3.08. The van der Waals surface area contributed by atoms with E-state index in [0.717, 1.165) is 24.8 Å². The zero-order valence-electron chi connectivity index (χ0n) is 12.5. The topological polar surface area (TPSA) is 37.4 Å². The van der Waals surface area contributed by atoms with E-state index in [4.69, 9.17) is 0 Å². The van der Waals surface area contributed by atoms with Gasteiger partial charge in [-0.1, -0.05) is 48.5 Å². The number of hydrogen-bond acceptors (Lipinski definition) is 2. The molecule has 0 saturated heterocycles. The van der Waals surface area contributed by atoms with Gasteiger partial charge in [0.1, 0.15) is 0 Å². The van der Waals surface area contributed by atoms with Crippen LogP contribution in [-0.4, -0.2) is 23.3 Å². The molecule has 3 heteroatoms. The Balaban J connectivity index is 1.57. The summed E-state index contributed by atoms with van der Waals surface area (Å²) in [5, 5.41) is 0. The lowest BCUT2D eigenvalue weighted by atomic mass is 9.98. The van der Waals surface area contributed by atoms with Crippen molar-refractivity contribution in [3.05, 3.63) is 71.3 Å². The highest BCUT2D eigenvalue weighted by atomic mass is 16.2. The van der Waals surface area contributed by atoms with E-state index in [9.17, 15) is 9.59 Å². The second-order valence-electron chi connectivity index (χ2n) is 5.63. The molecule has 0 saturated carbocycles. The summed E-state index contributed by atoms with van der Waals surface area (Å²) in [4.78, 5) is 25.9.